The number of methoxy groups -OCH3 is 1. The molecule has 0 radical (unpaired) electrons. The van der Waals surface area contributed by atoms with Gasteiger partial charge in [-0.25, -0.2) is 9.97 Å². The summed E-state index contributed by atoms with van der Waals surface area (Å²) in [6.07, 6.45) is 1.50. The molecular weight excluding hydrogens is 298 g/mol. The standard InChI is InChI=1S/C12H10ClN5OS/c1-19-11-15-5-7(13)10(18-11)20-12-16-8-3-2-6(14)4-9(8)17-12/h2-5H,14H2,1H3,(H,16,17). The predicted molar refractivity (Wildman–Crippen MR) is 78.2 cm³/mol. The number of benzene rings is 1. The number of fused-ring (bicyclic) bond motifs is 1. The Morgan fingerprint density at radius 1 is 1.35 bits per heavy atom. The normalized spacial score (nSPS) is 10.9. The van der Waals surface area contributed by atoms with Gasteiger partial charge in [0.2, 0.25) is 0 Å². The smallest absolute Gasteiger partial charge is 0.317 e. The van der Waals surface area contributed by atoms with E-state index in [0.29, 0.717) is 20.9 Å². The van der Waals surface area contributed by atoms with Crippen LogP contribution in [-0.2, 0) is 0 Å². The maximum atomic E-state index is 6.06. The lowest BCUT2D eigenvalue weighted by Gasteiger charge is -2.02. The number of aromatic amines is 1. The second-order valence-corrected chi connectivity index (χ2v) is 5.32. The van der Waals surface area contributed by atoms with Gasteiger partial charge in [0, 0.05) is 5.69 Å². The number of ether oxygens (including phenoxy) is 1. The Hall–Kier alpha value is -1.99. The third kappa shape index (κ3) is 2.50. The molecule has 0 fully saturated rings. The molecule has 2 heterocycles. The number of hydrogen-bond acceptors (Lipinski definition) is 6. The van der Waals surface area contributed by atoms with E-state index in [4.69, 9.17) is 22.1 Å². The Kier molecular flexibility index (Phi) is 3.37. The van der Waals surface area contributed by atoms with E-state index in [1.54, 1.807) is 6.07 Å². The third-order valence-electron chi connectivity index (χ3n) is 2.55. The van der Waals surface area contributed by atoms with Gasteiger partial charge in [0.1, 0.15) is 5.03 Å². The van der Waals surface area contributed by atoms with E-state index in [-0.39, 0.29) is 6.01 Å². The quantitative estimate of drug-likeness (QED) is 0.571. The Morgan fingerprint density at radius 3 is 3.00 bits per heavy atom. The summed E-state index contributed by atoms with van der Waals surface area (Å²) in [7, 11) is 1.50. The molecule has 0 aliphatic rings. The highest BCUT2D eigenvalue weighted by molar-refractivity contribution is 7.99. The lowest BCUT2D eigenvalue weighted by molar-refractivity contribution is 0.376. The molecule has 0 aliphatic carbocycles. The molecule has 0 aliphatic heterocycles. The number of nitrogens with one attached hydrogen (secondary N) is 1. The van der Waals surface area contributed by atoms with Crippen molar-refractivity contribution >= 4 is 40.1 Å². The number of nitrogen functional groups attached to an aromatic ring is 1. The average molecular weight is 308 g/mol. The zero-order valence-corrected chi connectivity index (χ0v) is 12.0. The van der Waals surface area contributed by atoms with Crippen LogP contribution in [0.5, 0.6) is 6.01 Å². The summed E-state index contributed by atoms with van der Waals surface area (Å²) < 4.78 is 4.98. The van der Waals surface area contributed by atoms with Crippen molar-refractivity contribution in [3.05, 3.63) is 29.4 Å². The monoisotopic (exact) mass is 307 g/mol. The molecule has 3 N–H and O–H groups in total. The second-order valence-electron chi connectivity index (χ2n) is 3.93. The second kappa shape index (κ2) is 5.18. The molecule has 8 heteroatoms. The van der Waals surface area contributed by atoms with Crippen LogP contribution in [0.15, 0.2) is 34.6 Å². The zero-order chi connectivity index (χ0) is 14.1. The van der Waals surface area contributed by atoms with Gasteiger partial charge in [-0.3, -0.25) is 0 Å². The van der Waals surface area contributed by atoms with Crippen molar-refractivity contribution in [3.8, 4) is 6.01 Å². The average Bonchev–Trinajstić information content (AvgIpc) is 2.82. The number of imidazole rings is 1. The van der Waals surface area contributed by atoms with Crippen molar-refractivity contribution in [2.75, 3.05) is 12.8 Å². The first-order valence-electron chi connectivity index (χ1n) is 5.65. The zero-order valence-electron chi connectivity index (χ0n) is 10.4. The summed E-state index contributed by atoms with van der Waals surface area (Å²) in [5, 5.41) is 1.69. The van der Waals surface area contributed by atoms with Crippen molar-refractivity contribution in [1.29, 1.82) is 0 Å². The van der Waals surface area contributed by atoms with Crippen LogP contribution in [0.4, 0.5) is 5.69 Å². The Balaban J connectivity index is 1.96. The molecule has 2 aromatic heterocycles. The topological polar surface area (TPSA) is 89.7 Å². The van der Waals surface area contributed by atoms with Crippen LogP contribution in [0.2, 0.25) is 5.02 Å². The van der Waals surface area contributed by atoms with Crippen LogP contribution in [0.25, 0.3) is 11.0 Å². The molecule has 0 bridgehead atoms. The van der Waals surface area contributed by atoms with Gasteiger partial charge >= 0.3 is 6.01 Å². The maximum Gasteiger partial charge on any atom is 0.317 e. The van der Waals surface area contributed by atoms with E-state index in [9.17, 15) is 0 Å². The van der Waals surface area contributed by atoms with Crippen molar-refractivity contribution < 1.29 is 4.74 Å². The summed E-state index contributed by atoms with van der Waals surface area (Å²) in [5.74, 6) is 0. The van der Waals surface area contributed by atoms with Gasteiger partial charge in [-0.15, -0.1) is 0 Å². The molecule has 1 aromatic carbocycles. The Bertz CT molecular complexity index is 776. The van der Waals surface area contributed by atoms with Gasteiger partial charge in [0.25, 0.3) is 0 Å². The molecule has 20 heavy (non-hydrogen) atoms. The molecule has 0 unspecified atom stereocenters. The first-order valence-corrected chi connectivity index (χ1v) is 6.85. The van der Waals surface area contributed by atoms with Crippen LogP contribution >= 0.6 is 23.4 Å². The Labute approximate surface area is 123 Å². The lowest BCUT2D eigenvalue weighted by atomic mass is 10.3. The molecule has 102 valence electrons. The van der Waals surface area contributed by atoms with Crippen molar-refractivity contribution in [2.24, 2.45) is 0 Å². The van der Waals surface area contributed by atoms with Crippen molar-refractivity contribution in [1.82, 2.24) is 19.9 Å². The molecule has 3 aromatic rings. The lowest BCUT2D eigenvalue weighted by Crippen LogP contribution is -1.93. The first-order chi connectivity index (χ1) is 9.65. The van der Waals surface area contributed by atoms with Gasteiger partial charge in [0.15, 0.2) is 5.16 Å². The summed E-state index contributed by atoms with van der Waals surface area (Å²) in [6, 6.07) is 5.75. The van der Waals surface area contributed by atoms with E-state index in [2.05, 4.69) is 19.9 Å². The fourth-order valence-corrected chi connectivity index (χ4v) is 2.62. The van der Waals surface area contributed by atoms with Crippen LogP contribution in [0.1, 0.15) is 0 Å². The molecule has 0 atom stereocenters. The van der Waals surface area contributed by atoms with Crippen LogP contribution in [0, 0.1) is 0 Å². The summed E-state index contributed by atoms with van der Waals surface area (Å²) in [6.45, 7) is 0. The van der Waals surface area contributed by atoms with Crippen LogP contribution in [-0.4, -0.2) is 27.0 Å². The Morgan fingerprint density at radius 2 is 2.20 bits per heavy atom. The number of nitrogens with two attached hydrogens (primary N) is 1. The number of aromatic nitrogens is 4. The summed E-state index contributed by atoms with van der Waals surface area (Å²) in [4.78, 5) is 15.7. The summed E-state index contributed by atoms with van der Waals surface area (Å²) >= 11 is 7.37. The van der Waals surface area contributed by atoms with Gasteiger partial charge in [0.05, 0.1) is 29.4 Å². The largest absolute Gasteiger partial charge is 0.467 e. The van der Waals surface area contributed by atoms with Crippen molar-refractivity contribution in [2.45, 2.75) is 10.2 Å². The van der Waals surface area contributed by atoms with Crippen LogP contribution < -0.4 is 10.5 Å². The van der Waals surface area contributed by atoms with Gasteiger partial charge in [-0.05, 0) is 30.0 Å². The molecule has 0 saturated carbocycles. The number of anilines is 1. The molecule has 0 amide bonds. The molecule has 6 nitrogen and oxygen atoms in total. The number of nitrogens with zero attached hydrogens (tertiary/aromatic N) is 3. The highest BCUT2D eigenvalue weighted by atomic mass is 35.5. The van der Waals surface area contributed by atoms with E-state index in [1.807, 2.05) is 12.1 Å². The van der Waals surface area contributed by atoms with Gasteiger partial charge in [-0.1, -0.05) is 11.6 Å². The van der Waals surface area contributed by atoms with Gasteiger partial charge in [-0.2, -0.15) is 4.98 Å². The number of rotatable bonds is 3. The highest BCUT2D eigenvalue weighted by Crippen LogP contribution is 2.31. The maximum absolute atomic E-state index is 6.06. The minimum absolute atomic E-state index is 0.261. The van der Waals surface area contributed by atoms with Crippen LogP contribution in [0.3, 0.4) is 0 Å². The highest BCUT2D eigenvalue weighted by Gasteiger charge is 2.11. The first kappa shape index (κ1) is 13.0. The van der Waals surface area contributed by atoms with E-state index >= 15 is 0 Å². The SMILES string of the molecule is COc1ncc(Cl)c(Sc2nc3ccc(N)cc3[nH]2)n1. The molecule has 3 rings (SSSR count). The molecular formula is C12H10ClN5OS. The molecule has 0 saturated heterocycles. The van der Waals surface area contributed by atoms with E-state index in [1.165, 1.54) is 25.1 Å². The fraction of sp³-hybridized carbons (Fsp3) is 0.0833. The van der Waals surface area contributed by atoms with Crippen molar-refractivity contribution in [3.63, 3.8) is 0 Å². The number of hydrogen-bond donors (Lipinski definition) is 2. The summed E-state index contributed by atoms with van der Waals surface area (Å²) in [5.41, 5.74) is 8.11. The molecule has 0 spiro atoms. The minimum Gasteiger partial charge on any atom is -0.467 e. The number of H-pyrrole nitrogens is 1. The van der Waals surface area contributed by atoms with E-state index in [0.717, 1.165) is 11.0 Å². The minimum atomic E-state index is 0.261. The van der Waals surface area contributed by atoms with E-state index < -0.39 is 0 Å². The predicted octanol–water partition coefficient (Wildman–Crippen LogP) is 2.75. The fourth-order valence-electron chi connectivity index (χ4n) is 1.65. The number of halogens is 1. The van der Waals surface area contributed by atoms with Gasteiger partial charge < -0.3 is 15.5 Å². The third-order valence-corrected chi connectivity index (χ3v) is 3.83.